The van der Waals surface area contributed by atoms with E-state index in [1.165, 1.54) is 0 Å². The number of carbonyl (C=O) groups excluding carboxylic acids is 1. The van der Waals surface area contributed by atoms with Gasteiger partial charge in [-0.2, -0.15) is 5.10 Å². The summed E-state index contributed by atoms with van der Waals surface area (Å²) in [7, 11) is 0. The lowest BCUT2D eigenvalue weighted by atomic mass is 10.1. The molecule has 112 valence electrons. The number of hydrogen-bond donors (Lipinski definition) is 2. The van der Waals surface area contributed by atoms with Crippen LogP contribution in [0.5, 0.6) is 0 Å². The molecule has 0 aliphatic rings. The van der Waals surface area contributed by atoms with Gasteiger partial charge in [0.2, 0.25) is 5.91 Å². The molecule has 0 bridgehead atoms. The number of hydrogen-bond acceptors (Lipinski definition) is 3. The molecule has 0 saturated carbocycles. The van der Waals surface area contributed by atoms with E-state index in [4.69, 9.17) is 5.73 Å². The van der Waals surface area contributed by atoms with Gasteiger partial charge >= 0.3 is 0 Å². The summed E-state index contributed by atoms with van der Waals surface area (Å²) < 4.78 is 1.65. The third-order valence-corrected chi connectivity index (χ3v) is 3.31. The van der Waals surface area contributed by atoms with E-state index in [0.717, 1.165) is 29.7 Å². The molecule has 0 spiro atoms. The molecule has 2 aromatic rings. The summed E-state index contributed by atoms with van der Waals surface area (Å²) in [6.45, 7) is 4.36. The molecule has 0 saturated heterocycles. The molecule has 1 atom stereocenters. The van der Waals surface area contributed by atoms with Crippen molar-refractivity contribution in [3.05, 3.63) is 36.7 Å². The lowest BCUT2D eigenvalue weighted by molar-refractivity contribution is -0.122. The minimum absolute atomic E-state index is 0.0112. The van der Waals surface area contributed by atoms with Crippen molar-refractivity contribution in [1.29, 1.82) is 0 Å². The van der Waals surface area contributed by atoms with Crippen LogP contribution in [0.15, 0.2) is 36.7 Å². The Morgan fingerprint density at radius 3 is 2.71 bits per heavy atom. The number of nitrogens with two attached hydrogens (primary N) is 1. The summed E-state index contributed by atoms with van der Waals surface area (Å²) in [6, 6.07) is 7.80. The smallest absolute Gasteiger partial charge is 0.241 e. The highest BCUT2D eigenvalue weighted by Gasteiger charge is 2.08. The maximum atomic E-state index is 11.9. The van der Waals surface area contributed by atoms with Crippen LogP contribution in [-0.2, 0) is 11.3 Å². The van der Waals surface area contributed by atoms with E-state index in [-0.39, 0.29) is 18.5 Å². The number of nitrogens with one attached hydrogen (secondary N) is 1. The first kappa shape index (κ1) is 15.1. The number of carbonyl (C=O) groups is 1. The van der Waals surface area contributed by atoms with Crippen LogP contribution in [0, 0.1) is 0 Å². The third kappa shape index (κ3) is 4.34. The van der Waals surface area contributed by atoms with Gasteiger partial charge in [0, 0.05) is 23.5 Å². The van der Waals surface area contributed by atoms with Gasteiger partial charge in [0.25, 0.3) is 0 Å². The average Bonchev–Trinajstić information content (AvgIpc) is 2.88. The fourth-order valence-electron chi connectivity index (χ4n) is 2.25. The van der Waals surface area contributed by atoms with E-state index < -0.39 is 0 Å². The van der Waals surface area contributed by atoms with Gasteiger partial charge in [-0.05, 0) is 31.0 Å². The molecule has 21 heavy (non-hydrogen) atoms. The molecular weight excluding hydrogens is 264 g/mol. The zero-order chi connectivity index (χ0) is 15.2. The maximum absolute atomic E-state index is 11.9. The first-order chi connectivity index (χ1) is 10.1. The highest BCUT2D eigenvalue weighted by molar-refractivity contribution is 5.76. The van der Waals surface area contributed by atoms with Crippen molar-refractivity contribution < 1.29 is 4.79 Å². The van der Waals surface area contributed by atoms with Crippen LogP contribution in [0.25, 0.3) is 11.1 Å². The van der Waals surface area contributed by atoms with Crippen molar-refractivity contribution >= 4 is 11.6 Å². The molecule has 5 heteroatoms. The number of anilines is 1. The predicted molar refractivity (Wildman–Crippen MR) is 84.6 cm³/mol. The number of nitrogen functional groups attached to an aromatic ring is 1. The van der Waals surface area contributed by atoms with Crippen LogP contribution in [0.1, 0.15) is 26.7 Å². The summed E-state index contributed by atoms with van der Waals surface area (Å²) >= 11 is 0. The number of nitrogens with zero attached hydrogens (tertiary/aromatic N) is 2. The summed E-state index contributed by atoms with van der Waals surface area (Å²) in [5.74, 6) is -0.0112. The number of amides is 1. The van der Waals surface area contributed by atoms with Crippen molar-refractivity contribution in [2.24, 2.45) is 0 Å². The molecule has 0 aliphatic carbocycles. The van der Waals surface area contributed by atoms with Gasteiger partial charge < -0.3 is 11.1 Å². The quantitative estimate of drug-likeness (QED) is 0.801. The molecule has 1 unspecified atom stereocenters. The van der Waals surface area contributed by atoms with E-state index in [9.17, 15) is 4.79 Å². The van der Waals surface area contributed by atoms with Crippen LogP contribution < -0.4 is 11.1 Å². The molecule has 1 heterocycles. The summed E-state index contributed by atoms with van der Waals surface area (Å²) in [6.07, 6.45) is 5.68. The number of benzene rings is 1. The van der Waals surface area contributed by atoms with Crippen LogP contribution in [-0.4, -0.2) is 21.7 Å². The highest BCUT2D eigenvalue weighted by Crippen LogP contribution is 2.19. The molecule has 0 fully saturated rings. The molecule has 0 aliphatic heterocycles. The zero-order valence-corrected chi connectivity index (χ0v) is 12.5. The Balaban J connectivity index is 1.97. The number of rotatable bonds is 6. The van der Waals surface area contributed by atoms with Crippen LogP contribution >= 0.6 is 0 Å². The first-order valence-corrected chi connectivity index (χ1v) is 7.26. The second-order valence-corrected chi connectivity index (χ2v) is 5.31. The number of aromatic nitrogens is 2. The average molecular weight is 286 g/mol. The Bertz CT molecular complexity index is 589. The Kier molecular flexibility index (Phi) is 4.98. The van der Waals surface area contributed by atoms with Gasteiger partial charge in [-0.3, -0.25) is 9.48 Å². The van der Waals surface area contributed by atoms with Crippen molar-refractivity contribution in [2.75, 3.05) is 5.73 Å². The van der Waals surface area contributed by atoms with Crippen LogP contribution in [0.3, 0.4) is 0 Å². The van der Waals surface area contributed by atoms with E-state index in [2.05, 4.69) is 17.3 Å². The van der Waals surface area contributed by atoms with Crippen molar-refractivity contribution in [3.63, 3.8) is 0 Å². The van der Waals surface area contributed by atoms with Gasteiger partial charge in [-0.1, -0.05) is 25.5 Å². The molecule has 1 aromatic heterocycles. The lowest BCUT2D eigenvalue weighted by Gasteiger charge is -2.12. The van der Waals surface area contributed by atoms with E-state index in [1.807, 2.05) is 37.4 Å². The molecule has 2 rings (SSSR count). The van der Waals surface area contributed by atoms with E-state index in [0.29, 0.717) is 0 Å². The van der Waals surface area contributed by atoms with E-state index in [1.54, 1.807) is 10.9 Å². The topological polar surface area (TPSA) is 72.9 Å². The fraction of sp³-hybridized carbons (Fsp3) is 0.375. The van der Waals surface area contributed by atoms with Gasteiger partial charge in [0.05, 0.1) is 6.20 Å². The van der Waals surface area contributed by atoms with Crippen molar-refractivity contribution in [1.82, 2.24) is 15.1 Å². The van der Waals surface area contributed by atoms with Crippen molar-refractivity contribution in [3.8, 4) is 11.1 Å². The summed E-state index contributed by atoms with van der Waals surface area (Å²) in [5.41, 5.74) is 8.42. The molecule has 0 radical (unpaired) electrons. The van der Waals surface area contributed by atoms with Gasteiger partial charge in [-0.25, -0.2) is 0 Å². The van der Waals surface area contributed by atoms with Gasteiger partial charge in [0.15, 0.2) is 0 Å². The largest absolute Gasteiger partial charge is 0.399 e. The standard InChI is InChI=1S/C16H22N4O/c1-3-4-12(2)19-16(21)11-20-10-14(9-18-20)13-5-7-15(17)8-6-13/h5-10,12H,3-4,11,17H2,1-2H3,(H,19,21). The second-order valence-electron chi connectivity index (χ2n) is 5.31. The Morgan fingerprint density at radius 2 is 2.05 bits per heavy atom. The minimum Gasteiger partial charge on any atom is -0.399 e. The first-order valence-electron chi connectivity index (χ1n) is 7.26. The van der Waals surface area contributed by atoms with Crippen LogP contribution in [0.4, 0.5) is 5.69 Å². The molecule has 5 nitrogen and oxygen atoms in total. The SMILES string of the molecule is CCCC(C)NC(=O)Cn1cc(-c2ccc(N)cc2)cn1. The minimum atomic E-state index is -0.0112. The second kappa shape index (κ2) is 6.92. The molecule has 1 amide bonds. The normalized spacial score (nSPS) is 12.1. The molecule has 3 N–H and O–H groups in total. The van der Waals surface area contributed by atoms with Gasteiger partial charge in [-0.15, -0.1) is 0 Å². The predicted octanol–water partition coefficient (Wildman–Crippen LogP) is 2.44. The summed E-state index contributed by atoms with van der Waals surface area (Å²) in [5, 5.41) is 7.20. The third-order valence-electron chi connectivity index (χ3n) is 3.31. The lowest BCUT2D eigenvalue weighted by Crippen LogP contribution is -2.35. The Labute approximate surface area is 125 Å². The van der Waals surface area contributed by atoms with Crippen LogP contribution in [0.2, 0.25) is 0 Å². The maximum Gasteiger partial charge on any atom is 0.241 e. The van der Waals surface area contributed by atoms with Crippen molar-refractivity contribution in [2.45, 2.75) is 39.3 Å². The Morgan fingerprint density at radius 1 is 1.33 bits per heavy atom. The monoisotopic (exact) mass is 286 g/mol. The fourth-order valence-corrected chi connectivity index (χ4v) is 2.25. The Hall–Kier alpha value is -2.30. The molecular formula is C16H22N4O. The van der Waals surface area contributed by atoms with E-state index >= 15 is 0 Å². The highest BCUT2D eigenvalue weighted by atomic mass is 16.2. The molecule has 1 aromatic carbocycles. The van der Waals surface area contributed by atoms with Gasteiger partial charge in [0.1, 0.15) is 6.54 Å². The summed E-state index contributed by atoms with van der Waals surface area (Å²) in [4.78, 5) is 11.9. The zero-order valence-electron chi connectivity index (χ0n) is 12.5.